The fourth-order valence-electron chi connectivity index (χ4n) is 1.94. The molecule has 0 bridgehead atoms. The minimum absolute atomic E-state index is 0.120. The lowest BCUT2D eigenvalue weighted by atomic mass is 10.0. The minimum Gasteiger partial charge on any atom is -0.444 e. The van der Waals surface area contributed by atoms with Crippen molar-refractivity contribution in [3.8, 4) is 0 Å². The van der Waals surface area contributed by atoms with Gasteiger partial charge in [0.2, 0.25) is 0 Å². The van der Waals surface area contributed by atoms with Crippen LogP contribution in [0.3, 0.4) is 0 Å². The van der Waals surface area contributed by atoms with Gasteiger partial charge < -0.3 is 4.74 Å². The normalized spacial score (nSPS) is 11.0. The maximum Gasteiger partial charge on any atom is 0.412 e. The summed E-state index contributed by atoms with van der Waals surface area (Å²) in [4.78, 5) is 24.4. The van der Waals surface area contributed by atoms with E-state index in [2.05, 4.69) is 21.2 Å². The SMILES string of the molecule is CC(C)(C)OC(=O)Nc1ccc(Br)c(C(=O)c2ccccc2)c1. The van der Waals surface area contributed by atoms with Gasteiger partial charge in [-0.25, -0.2) is 4.79 Å². The molecule has 0 aliphatic rings. The second-order valence-corrected chi connectivity index (χ2v) is 6.87. The number of hydrogen-bond donors (Lipinski definition) is 1. The summed E-state index contributed by atoms with van der Waals surface area (Å²) in [5.74, 6) is -0.120. The average Bonchev–Trinajstić information content (AvgIpc) is 2.47. The highest BCUT2D eigenvalue weighted by molar-refractivity contribution is 9.10. The zero-order valence-corrected chi connectivity index (χ0v) is 14.8. The number of rotatable bonds is 3. The number of carbonyl (C=O) groups is 2. The van der Waals surface area contributed by atoms with E-state index in [9.17, 15) is 9.59 Å². The maximum atomic E-state index is 12.6. The van der Waals surface area contributed by atoms with Crippen molar-refractivity contribution in [2.75, 3.05) is 5.32 Å². The van der Waals surface area contributed by atoms with Gasteiger partial charge in [0, 0.05) is 21.3 Å². The van der Waals surface area contributed by atoms with E-state index in [0.717, 1.165) is 0 Å². The highest BCUT2D eigenvalue weighted by Gasteiger charge is 2.18. The van der Waals surface area contributed by atoms with E-state index in [4.69, 9.17) is 4.74 Å². The molecule has 0 fully saturated rings. The molecule has 0 spiro atoms. The van der Waals surface area contributed by atoms with Crippen molar-refractivity contribution in [2.45, 2.75) is 26.4 Å². The number of amides is 1. The first kappa shape index (κ1) is 17.2. The zero-order valence-electron chi connectivity index (χ0n) is 13.2. The Morgan fingerprint density at radius 2 is 1.70 bits per heavy atom. The van der Waals surface area contributed by atoms with Crippen molar-refractivity contribution >= 4 is 33.5 Å². The van der Waals surface area contributed by atoms with Crippen LogP contribution in [0.2, 0.25) is 0 Å². The van der Waals surface area contributed by atoms with Crippen molar-refractivity contribution < 1.29 is 14.3 Å². The molecule has 2 rings (SSSR count). The third-order valence-corrected chi connectivity index (χ3v) is 3.58. The first-order valence-corrected chi connectivity index (χ1v) is 7.95. The second kappa shape index (κ2) is 6.96. The van der Waals surface area contributed by atoms with E-state index < -0.39 is 11.7 Å². The summed E-state index contributed by atoms with van der Waals surface area (Å²) in [5, 5.41) is 2.64. The Labute approximate surface area is 144 Å². The van der Waals surface area contributed by atoms with Gasteiger partial charge in [0.1, 0.15) is 5.60 Å². The molecule has 0 saturated carbocycles. The van der Waals surface area contributed by atoms with Crippen LogP contribution < -0.4 is 5.32 Å². The number of nitrogens with one attached hydrogen (secondary N) is 1. The Balaban J connectivity index is 2.23. The van der Waals surface area contributed by atoms with Gasteiger partial charge in [-0.15, -0.1) is 0 Å². The van der Waals surface area contributed by atoms with Crippen LogP contribution >= 0.6 is 15.9 Å². The summed E-state index contributed by atoms with van der Waals surface area (Å²) in [5.41, 5.74) is 0.983. The van der Waals surface area contributed by atoms with E-state index >= 15 is 0 Å². The molecule has 0 radical (unpaired) electrons. The molecule has 0 aliphatic carbocycles. The number of hydrogen-bond acceptors (Lipinski definition) is 3. The maximum absolute atomic E-state index is 12.6. The largest absolute Gasteiger partial charge is 0.444 e. The fraction of sp³-hybridized carbons (Fsp3) is 0.222. The number of halogens is 1. The molecule has 5 heteroatoms. The molecular formula is C18H18BrNO3. The minimum atomic E-state index is -0.581. The molecule has 0 atom stereocenters. The van der Waals surface area contributed by atoms with Crippen LogP contribution in [0.4, 0.5) is 10.5 Å². The highest BCUT2D eigenvalue weighted by atomic mass is 79.9. The van der Waals surface area contributed by atoms with Gasteiger partial charge in [-0.2, -0.15) is 0 Å². The fourth-order valence-corrected chi connectivity index (χ4v) is 2.37. The molecule has 23 heavy (non-hydrogen) atoms. The second-order valence-electron chi connectivity index (χ2n) is 6.02. The van der Waals surface area contributed by atoms with E-state index in [1.54, 1.807) is 51.1 Å². The molecule has 0 heterocycles. The van der Waals surface area contributed by atoms with Crippen molar-refractivity contribution in [2.24, 2.45) is 0 Å². The molecule has 120 valence electrons. The Bertz CT molecular complexity index is 721. The molecule has 0 saturated heterocycles. The van der Waals surface area contributed by atoms with Crippen LogP contribution in [-0.4, -0.2) is 17.5 Å². The lowest BCUT2D eigenvalue weighted by molar-refractivity contribution is 0.0635. The number of carbonyl (C=O) groups excluding carboxylic acids is 2. The van der Waals surface area contributed by atoms with Crippen LogP contribution in [0.1, 0.15) is 36.7 Å². The average molecular weight is 376 g/mol. The molecule has 1 N–H and O–H groups in total. The third kappa shape index (κ3) is 4.93. The molecule has 0 aromatic heterocycles. The van der Waals surface area contributed by atoms with Gasteiger partial charge in [-0.05, 0) is 39.0 Å². The number of ether oxygens (including phenoxy) is 1. The molecule has 0 unspecified atom stereocenters. The quantitative estimate of drug-likeness (QED) is 0.765. The first-order valence-electron chi connectivity index (χ1n) is 7.15. The summed E-state index contributed by atoms with van der Waals surface area (Å²) in [6.45, 7) is 5.37. The Hall–Kier alpha value is -2.14. The Morgan fingerprint density at radius 1 is 1.04 bits per heavy atom. The lowest BCUT2D eigenvalue weighted by Crippen LogP contribution is -2.27. The topological polar surface area (TPSA) is 55.4 Å². The molecule has 4 nitrogen and oxygen atoms in total. The van der Waals surface area contributed by atoms with Gasteiger partial charge >= 0.3 is 6.09 Å². The van der Waals surface area contributed by atoms with Crippen molar-refractivity contribution in [3.63, 3.8) is 0 Å². The standard InChI is InChI=1S/C18H18BrNO3/c1-18(2,3)23-17(22)20-13-9-10-15(19)14(11-13)16(21)12-7-5-4-6-8-12/h4-11H,1-3H3,(H,20,22). The van der Waals surface area contributed by atoms with Crippen LogP contribution in [0.25, 0.3) is 0 Å². The van der Waals surface area contributed by atoms with E-state index in [0.29, 0.717) is 21.3 Å². The van der Waals surface area contributed by atoms with Crippen LogP contribution in [0.15, 0.2) is 53.0 Å². The van der Waals surface area contributed by atoms with Gasteiger partial charge in [0.15, 0.2) is 5.78 Å². The summed E-state index contributed by atoms with van der Waals surface area (Å²) in [6, 6.07) is 14.0. The van der Waals surface area contributed by atoms with Crippen molar-refractivity contribution in [3.05, 3.63) is 64.1 Å². The predicted octanol–water partition coefficient (Wildman–Crippen LogP) is 5.03. The number of benzene rings is 2. The van der Waals surface area contributed by atoms with Crippen LogP contribution in [-0.2, 0) is 4.74 Å². The molecular weight excluding hydrogens is 358 g/mol. The lowest BCUT2D eigenvalue weighted by Gasteiger charge is -2.19. The molecule has 0 aliphatic heterocycles. The van der Waals surface area contributed by atoms with E-state index in [1.165, 1.54) is 0 Å². The van der Waals surface area contributed by atoms with Gasteiger partial charge in [0.25, 0.3) is 0 Å². The monoisotopic (exact) mass is 375 g/mol. The van der Waals surface area contributed by atoms with Crippen LogP contribution in [0.5, 0.6) is 0 Å². The van der Waals surface area contributed by atoms with Gasteiger partial charge in [-0.3, -0.25) is 10.1 Å². The summed E-state index contributed by atoms with van der Waals surface area (Å²) in [6.07, 6.45) is -0.557. The Kier molecular flexibility index (Phi) is 5.21. The summed E-state index contributed by atoms with van der Waals surface area (Å²) >= 11 is 3.38. The smallest absolute Gasteiger partial charge is 0.412 e. The molecule has 1 amide bonds. The number of ketones is 1. The van der Waals surface area contributed by atoms with E-state index in [-0.39, 0.29) is 5.78 Å². The number of anilines is 1. The van der Waals surface area contributed by atoms with Gasteiger partial charge in [-0.1, -0.05) is 46.3 Å². The van der Waals surface area contributed by atoms with Crippen LogP contribution in [0, 0.1) is 0 Å². The third-order valence-electron chi connectivity index (χ3n) is 2.89. The van der Waals surface area contributed by atoms with Crippen molar-refractivity contribution in [1.82, 2.24) is 0 Å². The zero-order chi connectivity index (χ0) is 17.0. The van der Waals surface area contributed by atoms with E-state index in [1.807, 2.05) is 18.2 Å². The molecule has 2 aromatic carbocycles. The van der Waals surface area contributed by atoms with Gasteiger partial charge in [0.05, 0.1) is 0 Å². The Morgan fingerprint density at radius 3 is 2.30 bits per heavy atom. The highest BCUT2D eigenvalue weighted by Crippen LogP contribution is 2.24. The molecule has 2 aromatic rings. The summed E-state index contributed by atoms with van der Waals surface area (Å²) < 4.78 is 5.88. The summed E-state index contributed by atoms with van der Waals surface area (Å²) in [7, 11) is 0. The predicted molar refractivity (Wildman–Crippen MR) is 93.9 cm³/mol. The first-order chi connectivity index (χ1) is 10.8. The van der Waals surface area contributed by atoms with Crippen molar-refractivity contribution in [1.29, 1.82) is 0 Å².